The number of ether oxygens (including phenoxy) is 1. The summed E-state index contributed by atoms with van der Waals surface area (Å²) in [7, 11) is 0. The molecular formula is C18H16ClNO5. The molecule has 0 aliphatic rings. The molecule has 0 saturated heterocycles. The molecule has 0 bridgehead atoms. The summed E-state index contributed by atoms with van der Waals surface area (Å²) >= 11 is 5.88. The normalized spacial score (nSPS) is 10.8. The predicted molar refractivity (Wildman–Crippen MR) is 93.8 cm³/mol. The highest BCUT2D eigenvalue weighted by Crippen LogP contribution is 2.26. The standard InChI is InChI=1S/C18H16ClNO5/c1-12(13-4-8-15(19)9-5-13)14-6-10-16(11-7-14)24-18(2,3)17(21)25-20(22)23/h4-11H,1H2,2-3H3. The fourth-order valence-corrected chi connectivity index (χ4v) is 2.18. The first-order valence-corrected chi connectivity index (χ1v) is 7.68. The molecule has 0 spiro atoms. The first kappa shape index (κ1) is 18.5. The highest BCUT2D eigenvalue weighted by atomic mass is 35.5. The summed E-state index contributed by atoms with van der Waals surface area (Å²) in [5.74, 6) is -0.717. The van der Waals surface area contributed by atoms with E-state index < -0.39 is 16.7 Å². The van der Waals surface area contributed by atoms with Crippen molar-refractivity contribution in [1.82, 2.24) is 0 Å². The quantitative estimate of drug-likeness (QED) is 0.566. The molecule has 0 aromatic heterocycles. The molecule has 2 aromatic rings. The second-order valence-electron chi connectivity index (χ2n) is 5.72. The van der Waals surface area contributed by atoms with Crippen molar-refractivity contribution in [2.24, 2.45) is 0 Å². The third kappa shape index (κ3) is 4.81. The van der Waals surface area contributed by atoms with Crippen LogP contribution in [0.1, 0.15) is 25.0 Å². The van der Waals surface area contributed by atoms with Crippen molar-refractivity contribution in [2.45, 2.75) is 19.4 Å². The second-order valence-corrected chi connectivity index (χ2v) is 6.16. The zero-order chi connectivity index (χ0) is 18.6. The van der Waals surface area contributed by atoms with Gasteiger partial charge in [-0.15, -0.1) is 10.1 Å². The molecule has 0 aliphatic carbocycles. The summed E-state index contributed by atoms with van der Waals surface area (Å²) in [6, 6.07) is 14.2. The summed E-state index contributed by atoms with van der Waals surface area (Å²) in [4.78, 5) is 25.9. The van der Waals surface area contributed by atoms with Gasteiger partial charge in [0.15, 0.2) is 5.60 Å². The van der Waals surface area contributed by atoms with Crippen LogP contribution in [-0.4, -0.2) is 16.7 Å². The molecule has 2 rings (SSSR count). The van der Waals surface area contributed by atoms with E-state index in [4.69, 9.17) is 16.3 Å². The van der Waals surface area contributed by atoms with Gasteiger partial charge in [-0.1, -0.05) is 42.4 Å². The van der Waals surface area contributed by atoms with Gasteiger partial charge in [0.2, 0.25) is 0 Å². The van der Waals surface area contributed by atoms with Crippen molar-refractivity contribution in [2.75, 3.05) is 0 Å². The third-order valence-corrected chi connectivity index (χ3v) is 3.67. The number of hydrogen-bond acceptors (Lipinski definition) is 5. The number of carbonyl (C=O) groups is 1. The van der Waals surface area contributed by atoms with E-state index in [2.05, 4.69) is 11.4 Å². The first-order valence-electron chi connectivity index (χ1n) is 7.30. The number of benzene rings is 2. The lowest BCUT2D eigenvalue weighted by Gasteiger charge is -2.23. The first-order chi connectivity index (χ1) is 11.7. The molecular weight excluding hydrogens is 346 g/mol. The molecule has 0 heterocycles. The summed E-state index contributed by atoms with van der Waals surface area (Å²) < 4.78 is 5.49. The van der Waals surface area contributed by atoms with Crippen molar-refractivity contribution in [1.29, 1.82) is 0 Å². The minimum absolute atomic E-state index is 0.373. The van der Waals surface area contributed by atoms with E-state index in [-0.39, 0.29) is 0 Å². The van der Waals surface area contributed by atoms with Crippen LogP contribution in [0.4, 0.5) is 0 Å². The van der Waals surface area contributed by atoms with E-state index in [0.29, 0.717) is 10.8 Å². The minimum atomic E-state index is -1.50. The summed E-state index contributed by atoms with van der Waals surface area (Å²) in [6.45, 7) is 6.83. The number of carbonyl (C=O) groups excluding carboxylic acids is 1. The molecule has 0 unspecified atom stereocenters. The van der Waals surface area contributed by atoms with Crippen molar-refractivity contribution in [3.63, 3.8) is 0 Å². The van der Waals surface area contributed by atoms with Crippen molar-refractivity contribution >= 4 is 23.1 Å². The van der Waals surface area contributed by atoms with Gasteiger partial charge in [-0.3, -0.25) is 4.79 Å². The summed E-state index contributed by atoms with van der Waals surface area (Å²) in [5.41, 5.74) is 1.09. The fourth-order valence-electron chi connectivity index (χ4n) is 2.06. The maximum Gasteiger partial charge on any atom is 0.346 e. The zero-order valence-electron chi connectivity index (χ0n) is 13.7. The summed E-state index contributed by atoms with van der Waals surface area (Å²) in [6.07, 6.45) is 0. The molecule has 0 radical (unpaired) electrons. The van der Waals surface area contributed by atoms with Crippen LogP contribution in [0.15, 0.2) is 55.1 Å². The Hall–Kier alpha value is -2.86. The van der Waals surface area contributed by atoms with Crippen molar-refractivity contribution in [3.05, 3.63) is 81.4 Å². The highest BCUT2D eigenvalue weighted by molar-refractivity contribution is 6.30. The van der Waals surface area contributed by atoms with Gasteiger partial charge in [0.25, 0.3) is 0 Å². The van der Waals surface area contributed by atoms with Crippen LogP contribution >= 0.6 is 11.6 Å². The largest absolute Gasteiger partial charge is 0.478 e. The number of nitrogens with zero attached hydrogens (tertiary/aromatic N) is 1. The smallest absolute Gasteiger partial charge is 0.346 e. The van der Waals surface area contributed by atoms with Crippen LogP contribution in [0.5, 0.6) is 5.75 Å². The Balaban J connectivity index is 2.11. The van der Waals surface area contributed by atoms with Gasteiger partial charge in [0.1, 0.15) is 5.75 Å². The molecule has 130 valence electrons. The number of rotatable bonds is 6. The molecule has 0 aliphatic heterocycles. The molecule has 0 atom stereocenters. The van der Waals surface area contributed by atoms with Gasteiger partial charge in [0, 0.05) is 5.02 Å². The molecule has 0 N–H and O–H groups in total. The SMILES string of the molecule is C=C(c1ccc(Cl)cc1)c1ccc(OC(C)(C)C(=O)O[N+](=O)[O-])cc1. The fraction of sp³-hybridized carbons (Fsp3) is 0.167. The maximum absolute atomic E-state index is 11.7. The maximum atomic E-state index is 11.7. The van der Waals surface area contributed by atoms with Crippen molar-refractivity contribution in [3.8, 4) is 5.75 Å². The predicted octanol–water partition coefficient (Wildman–Crippen LogP) is 4.29. The lowest BCUT2D eigenvalue weighted by molar-refractivity contribution is -0.730. The zero-order valence-corrected chi connectivity index (χ0v) is 14.4. The lowest BCUT2D eigenvalue weighted by atomic mass is 10.00. The Kier molecular flexibility index (Phi) is 5.44. The van der Waals surface area contributed by atoms with Gasteiger partial charge < -0.3 is 4.74 Å². The van der Waals surface area contributed by atoms with E-state index in [1.54, 1.807) is 36.4 Å². The Morgan fingerprint density at radius 3 is 2.04 bits per heavy atom. The molecule has 0 amide bonds. The molecule has 2 aromatic carbocycles. The summed E-state index contributed by atoms with van der Waals surface area (Å²) in [5, 5.41) is 9.76. The monoisotopic (exact) mass is 361 g/mol. The Labute approximate surface area is 149 Å². The molecule has 7 heteroatoms. The van der Waals surface area contributed by atoms with Crippen LogP contribution in [0.2, 0.25) is 5.02 Å². The Bertz CT molecular complexity index is 797. The van der Waals surface area contributed by atoms with Gasteiger partial charge in [-0.25, -0.2) is 4.84 Å². The van der Waals surface area contributed by atoms with Gasteiger partial charge >= 0.3 is 11.1 Å². The Morgan fingerprint density at radius 2 is 1.56 bits per heavy atom. The average Bonchev–Trinajstić information content (AvgIpc) is 2.54. The van der Waals surface area contributed by atoms with Gasteiger partial charge in [-0.05, 0) is 54.8 Å². The van der Waals surface area contributed by atoms with E-state index in [9.17, 15) is 14.9 Å². The van der Waals surface area contributed by atoms with Crippen molar-refractivity contribution < 1.29 is 19.5 Å². The Morgan fingerprint density at radius 1 is 1.08 bits per heavy atom. The van der Waals surface area contributed by atoms with Crippen LogP contribution in [-0.2, 0) is 9.63 Å². The molecule has 0 saturated carbocycles. The van der Waals surface area contributed by atoms with E-state index in [1.807, 2.05) is 12.1 Å². The van der Waals surface area contributed by atoms with Crippen LogP contribution < -0.4 is 4.74 Å². The van der Waals surface area contributed by atoms with Crippen LogP contribution in [0.3, 0.4) is 0 Å². The molecule has 25 heavy (non-hydrogen) atoms. The molecule has 6 nitrogen and oxygen atoms in total. The lowest BCUT2D eigenvalue weighted by Crippen LogP contribution is -2.40. The third-order valence-electron chi connectivity index (χ3n) is 3.42. The highest BCUT2D eigenvalue weighted by Gasteiger charge is 2.33. The van der Waals surface area contributed by atoms with E-state index in [1.165, 1.54) is 13.8 Å². The van der Waals surface area contributed by atoms with Crippen LogP contribution in [0.25, 0.3) is 5.57 Å². The second kappa shape index (κ2) is 7.36. The topological polar surface area (TPSA) is 78.7 Å². The number of hydrogen-bond donors (Lipinski definition) is 0. The molecule has 0 fully saturated rings. The van der Waals surface area contributed by atoms with Gasteiger partial charge in [0.05, 0.1) is 0 Å². The average molecular weight is 362 g/mol. The number of halogens is 1. The minimum Gasteiger partial charge on any atom is -0.478 e. The van der Waals surface area contributed by atoms with Gasteiger partial charge in [-0.2, -0.15) is 0 Å². The van der Waals surface area contributed by atoms with E-state index in [0.717, 1.165) is 16.7 Å². The van der Waals surface area contributed by atoms with E-state index >= 15 is 0 Å². The van der Waals surface area contributed by atoms with Crippen LogP contribution in [0, 0.1) is 10.1 Å².